The van der Waals surface area contributed by atoms with Crippen molar-refractivity contribution < 1.29 is 9.53 Å². The van der Waals surface area contributed by atoms with Crippen molar-refractivity contribution in [3.63, 3.8) is 0 Å². The van der Waals surface area contributed by atoms with Crippen molar-refractivity contribution in [2.75, 3.05) is 13.7 Å². The summed E-state index contributed by atoms with van der Waals surface area (Å²) in [4.78, 5) is 12.2. The van der Waals surface area contributed by atoms with Gasteiger partial charge in [-0.15, -0.1) is 0 Å². The maximum atomic E-state index is 12.2. The van der Waals surface area contributed by atoms with Gasteiger partial charge in [-0.3, -0.25) is 9.48 Å². The van der Waals surface area contributed by atoms with E-state index in [0.29, 0.717) is 24.9 Å². The third-order valence-corrected chi connectivity index (χ3v) is 4.52. The van der Waals surface area contributed by atoms with Crippen LogP contribution in [0.4, 0.5) is 0 Å². The van der Waals surface area contributed by atoms with Crippen LogP contribution >= 0.6 is 0 Å². The van der Waals surface area contributed by atoms with Crippen LogP contribution < -0.4 is 5.73 Å². The van der Waals surface area contributed by atoms with E-state index in [1.807, 2.05) is 16.9 Å². The molecule has 0 aliphatic heterocycles. The molecule has 1 heterocycles. The van der Waals surface area contributed by atoms with Gasteiger partial charge in [0.25, 0.3) is 0 Å². The second-order valence-electron chi connectivity index (χ2n) is 5.85. The Bertz CT molecular complexity index is 467. The molecular weight excluding hydrogens is 254 g/mol. The molecule has 1 fully saturated rings. The molecule has 1 aliphatic rings. The number of hydrogen-bond donors (Lipinski definition) is 1. The summed E-state index contributed by atoms with van der Waals surface area (Å²) in [6.45, 7) is 4.59. The average molecular weight is 279 g/mol. The summed E-state index contributed by atoms with van der Waals surface area (Å²) < 4.78 is 6.96. The van der Waals surface area contributed by atoms with Crippen molar-refractivity contribution in [2.24, 2.45) is 17.1 Å². The van der Waals surface area contributed by atoms with Gasteiger partial charge in [0.1, 0.15) is 0 Å². The van der Waals surface area contributed by atoms with Gasteiger partial charge in [0, 0.05) is 25.2 Å². The van der Waals surface area contributed by atoms with Gasteiger partial charge in [0.15, 0.2) is 0 Å². The highest BCUT2D eigenvalue weighted by Crippen LogP contribution is 2.47. The lowest BCUT2D eigenvalue weighted by atomic mass is 9.78. The number of esters is 1. The minimum Gasteiger partial charge on any atom is -0.469 e. The Morgan fingerprint density at radius 3 is 2.85 bits per heavy atom. The molecule has 20 heavy (non-hydrogen) atoms. The largest absolute Gasteiger partial charge is 0.469 e. The predicted octanol–water partition coefficient (Wildman–Crippen LogP) is 1.92. The van der Waals surface area contributed by atoms with Gasteiger partial charge in [-0.1, -0.05) is 6.92 Å². The number of rotatable bonds is 7. The van der Waals surface area contributed by atoms with Crippen molar-refractivity contribution in [2.45, 2.75) is 45.6 Å². The molecule has 2 unspecified atom stereocenters. The van der Waals surface area contributed by atoms with Crippen LogP contribution in [0.3, 0.4) is 0 Å². The van der Waals surface area contributed by atoms with Crippen LogP contribution in [0.15, 0.2) is 12.3 Å². The summed E-state index contributed by atoms with van der Waals surface area (Å²) >= 11 is 0. The minimum absolute atomic E-state index is 0.194. The molecule has 1 aromatic rings. The van der Waals surface area contributed by atoms with Gasteiger partial charge in [-0.2, -0.15) is 5.10 Å². The fourth-order valence-electron chi connectivity index (χ4n) is 2.77. The van der Waals surface area contributed by atoms with Gasteiger partial charge in [-0.25, -0.2) is 0 Å². The van der Waals surface area contributed by atoms with Crippen LogP contribution in [0, 0.1) is 11.3 Å². The summed E-state index contributed by atoms with van der Waals surface area (Å²) in [5.74, 6) is 0.147. The van der Waals surface area contributed by atoms with Crippen LogP contribution in [0.2, 0.25) is 0 Å². The van der Waals surface area contributed by atoms with Gasteiger partial charge in [0.05, 0.1) is 18.2 Å². The number of carbonyl (C=O) groups excluding carboxylic acids is 1. The van der Waals surface area contributed by atoms with E-state index in [2.05, 4.69) is 18.9 Å². The lowest BCUT2D eigenvalue weighted by molar-refractivity contribution is -0.153. The van der Waals surface area contributed by atoms with E-state index in [-0.39, 0.29) is 5.97 Å². The Labute approximate surface area is 120 Å². The molecule has 1 aliphatic carbocycles. The van der Waals surface area contributed by atoms with Crippen molar-refractivity contribution in [3.05, 3.63) is 18.0 Å². The van der Waals surface area contributed by atoms with Crippen molar-refractivity contribution in [3.8, 4) is 0 Å². The zero-order chi connectivity index (χ0) is 14.8. The fraction of sp³-hybridized carbons (Fsp3) is 0.733. The lowest BCUT2D eigenvalue weighted by Gasteiger charge is -2.28. The SMILES string of the molecule is CCC(C)n1ccc(CC(CN)(C(=O)OC)C2CC2)n1. The molecule has 0 aromatic carbocycles. The van der Waals surface area contributed by atoms with Crippen LogP contribution in [-0.2, 0) is 16.0 Å². The highest BCUT2D eigenvalue weighted by molar-refractivity contribution is 5.78. The third kappa shape index (κ3) is 2.73. The van der Waals surface area contributed by atoms with Gasteiger partial charge in [0.2, 0.25) is 0 Å². The molecular formula is C15H25N3O2. The maximum Gasteiger partial charge on any atom is 0.313 e. The molecule has 112 valence electrons. The Morgan fingerprint density at radius 1 is 1.65 bits per heavy atom. The van der Waals surface area contributed by atoms with Gasteiger partial charge in [-0.05, 0) is 38.2 Å². The summed E-state index contributed by atoms with van der Waals surface area (Å²) in [5.41, 5.74) is 6.26. The molecule has 1 aromatic heterocycles. The highest BCUT2D eigenvalue weighted by atomic mass is 16.5. The molecule has 5 heteroatoms. The molecule has 0 radical (unpaired) electrons. The van der Waals surface area contributed by atoms with E-state index in [1.165, 1.54) is 7.11 Å². The number of nitrogens with zero attached hydrogens (tertiary/aromatic N) is 2. The highest BCUT2D eigenvalue weighted by Gasteiger charge is 2.51. The summed E-state index contributed by atoms with van der Waals surface area (Å²) in [5, 5.41) is 4.59. The molecule has 5 nitrogen and oxygen atoms in total. The molecule has 0 amide bonds. The normalized spacial score (nSPS) is 19.4. The van der Waals surface area contributed by atoms with Crippen LogP contribution in [0.25, 0.3) is 0 Å². The summed E-state index contributed by atoms with van der Waals surface area (Å²) in [7, 11) is 1.44. The number of hydrogen-bond acceptors (Lipinski definition) is 4. The minimum atomic E-state index is -0.594. The Morgan fingerprint density at radius 2 is 2.35 bits per heavy atom. The first kappa shape index (κ1) is 15.0. The number of ether oxygens (including phenoxy) is 1. The smallest absolute Gasteiger partial charge is 0.313 e. The molecule has 1 saturated carbocycles. The fourth-order valence-corrected chi connectivity index (χ4v) is 2.77. The van der Waals surface area contributed by atoms with Crippen molar-refractivity contribution in [1.29, 1.82) is 0 Å². The molecule has 2 N–H and O–H groups in total. The van der Waals surface area contributed by atoms with E-state index in [0.717, 1.165) is 25.0 Å². The zero-order valence-corrected chi connectivity index (χ0v) is 12.6. The lowest BCUT2D eigenvalue weighted by Crippen LogP contribution is -2.43. The second kappa shape index (κ2) is 5.95. The standard InChI is InChI=1S/C15H25N3O2/c1-4-11(2)18-8-7-13(17-18)9-15(10-16,12-5-6-12)14(19)20-3/h7-8,11-12H,4-6,9-10,16H2,1-3H3. The third-order valence-electron chi connectivity index (χ3n) is 4.52. The molecule has 0 saturated heterocycles. The molecule has 0 spiro atoms. The van der Waals surface area contributed by atoms with Crippen LogP contribution in [0.5, 0.6) is 0 Å². The molecule has 2 rings (SSSR count). The first-order valence-electron chi connectivity index (χ1n) is 7.40. The van der Waals surface area contributed by atoms with E-state index < -0.39 is 5.41 Å². The number of nitrogens with two attached hydrogens (primary N) is 1. The quantitative estimate of drug-likeness (QED) is 0.774. The average Bonchev–Trinajstić information content (AvgIpc) is 3.23. The topological polar surface area (TPSA) is 70.1 Å². The van der Waals surface area contributed by atoms with Crippen LogP contribution in [-0.4, -0.2) is 29.4 Å². The summed E-state index contributed by atoms with van der Waals surface area (Å²) in [6.07, 6.45) is 5.69. The number of methoxy groups -OCH3 is 1. The van der Waals surface area contributed by atoms with E-state index in [9.17, 15) is 4.79 Å². The zero-order valence-electron chi connectivity index (χ0n) is 12.6. The first-order chi connectivity index (χ1) is 9.57. The Balaban J connectivity index is 2.19. The molecule has 2 atom stereocenters. The predicted molar refractivity (Wildman–Crippen MR) is 77.2 cm³/mol. The van der Waals surface area contributed by atoms with Crippen molar-refractivity contribution >= 4 is 5.97 Å². The van der Waals surface area contributed by atoms with E-state index >= 15 is 0 Å². The number of aromatic nitrogens is 2. The Kier molecular flexibility index (Phi) is 4.48. The monoisotopic (exact) mass is 279 g/mol. The first-order valence-corrected chi connectivity index (χ1v) is 7.40. The second-order valence-corrected chi connectivity index (χ2v) is 5.85. The van der Waals surface area contributed by atoms with E-state index in [1.54, 1.807) is 0 Å². The number of carbonyl (C=O) groups is 1. The van der Waals surface area contributed by atoms with E-state index in [4.69, 9.17) is 10.5 Å². The maximum absolute atomic E-state index is 12.2. The Hall–Kier alpha value is -1.36. The molecule has 0 bridgehead atoms. The van der Waals surface area contributed by atoms with Crippen LogP contribution in [0.1, 0.15) is 44.8 Å². The summed E-state index contributed by atoms with van der Waals surface area (Å²) in [6, 6.07) is 2.36. The van der Waals surface area contributed by atoms with Crippen molar-refractivity contribution in [1.82, 2.24) is 9.78 Å². The van der Waals surface area contributed by atoms with Gasteiger partial charge < -0.3 is 10.5 Å². The van der Waals surface area contributed by atoms with Gasteiger partial charge >= 0.3 is 5.97 Å².